The summed E-state index contributed by atoms with van der Waals surface area (Å²) >= 11 is 0. The van der Waals surface area contributed by atoms with Crippen molar-refractivity contribution < 1.29 is 14.3 Å². The van der Waals surface area contributed by atoms with Gasteiger partial charge in [-0.3, -0.25) is 14.3 Å². The second-order valence-corrected chi connectivity index (χ2v) is 8.99. The van der Waals surface area contributed by atoms with E-state index in [0.717, 1.165) is 34.7 Å². The first-order valence-electron chi connectivity index (χ1n) is 11.1. The Hall–Kier alpha value is -2.83. The van der Waals surface area contributed by atoms with Crippen molar-refractivity contribution in [2.45, 2.75) is 64.0 Å². The van der Waals surface area contributed by atoms with Crippen molar-refractivity contribution in [1.82, 2.24) is 20.0 Å². The quantitative estimate of drug-likeness (QED) is 0.819. The zero-order valence-corrected chi connectivity index (χ0v) is 18.9. The molecule has 2 amide bonds. The maximum atomic E-state index is 12.9. The summed E-state index contributed by atoms with van der Waals surface area (Å²) < 4.78 is 8.34. The highest BCUT2D eigenvalue weighted by molar-refractivity contribution is 5.77. The number of hydrogen-bond donors (Lipinski definition) is 1. The third-order valence-corrected chi connectivity index (χ3v) is 6.92. The van der Waals surface area contributed by atoms with Gasteiger partial charge in [-0.25, -0.2) is 0 Å². The molecule has 2 aromatic rings. The number of carbonyl (C=O) groups is 2. The lowest BCUT2D eigenvalue weighted by molar-refractivity contribution is -0.129. The number of ether oxygens (including phenoxy) is 1. The molecule has 7 heteroatoms. The van der Waals surface area contributed by atoms with Crippen LogP contribution in [0.3, 0.4) is 0 Å². The van der Waals surface area contributed by atoms with E-state index in [9.17, 15) is 9.59 Å². The molecule has 2 aliphatic heterocycles. The summed E-state index contributed by atoms with van der Waals surface area (Å²) in [7, 11) is 3.78. The molecule has 1 fully saturated rings. The SMILES string of the molecule is Cc1nn(C)c(C)c1CCC(=O)N[C@@H]1C[C@@]2(CCC(=O)N(C)CC2)Oc2ccccc21. The molecule has 3 heterocycles. The molecule has 1 aromatic carbocycles. The molecule has 0 bridgehead atoms. The number of aromatic nitrogens is 2. The van der Waals surface area contributed by atoms with Crippen LogP contribution < -0.4 is 10.1 Å². The van der Waals surface area contributed by atoms with E-state index in [1.54, 1.807) is 4.90 Å². The molecule has 0 unspecified atom stereocenters. The molecule has 4 rings (SSSR count). The summed E-state index contributed by atoms with van der Waals surface area (Å²) in [6.45, 7) is 4.69. The highest BCUT2D eigenvalue weighted by Gasteiger charge is 2.43. The van der Waals surface area contributed by atoms with E-state index in [0.29, 0.717) is 38.6 Å². The van der Waals surface area contributed by atoms with Crippen LogP contribution in [0.15, 0.2) is 24.3 Å². The number of amides is 2. The maximum absolute atomic E-state index is 12.9. The second kappa shape index (κ2) is 8.36. The van der Waals surface area contributed by atoms with Crippen molar-refractivity contribution in [1.29, 1.82) is 0 Å². The molecule has 31 heavy (non-hydrogen) atoms. The highest BCUT2D eigenvalue weighted by Crippen LogP contribution is 2.44. The molecular formula is C24H32N4O3. The average Bonchev–Trinajstić information content (AvgIpc) is 2.91. The average molecular weight is 425 g/mol. The van der Waals surface area contributed by atoms with Crippen LogP contribution in [0.2, 0.25) is 0 Å². The Morgan fingerprint density at radius 3 is 2.77 bits per heavy atom. The van der Waals surface area contributed by atoms with E-state index < -0.39 is 5.60 Å². The molecule has 2 atom stereocenters. The molecule has 2 aliphatic rings. The van der Waals surface area contributed by atoms with Gasteiger partial charge in [0.05, 0.1) is 11.7 Å². The molecule has 7 nitrogen and oxygen atoms in total. The molecule has 1 saturated heterocycles. The Labute approximate surface area is 183 Å². The van der Waals surface area contributed by atoms with Crippen molar-refractivity contribution in [2.75, 3.05) is 13.6 Å². The lowest BCUT2D eigenvalue weighted by Crippen LogP contribution is -2.46. The van der Waals surface area contributed by atoms with E-state index in [4.69, 9.17) is 4.74 Å². The van der Waals surface area contributed by atoms with Gasteiger partial charge in [-0.05, 0) is 38.3 Å². The van der Waals surface area contributed by atoms with Crippen LogP contribution in [0.5, 0.6) is 5.75 Å². The third kappa shape index (κ3) is 4.31. The lowest BCUT2D eigenvalue weighted by atomic mass is 9.82. The second-order valence-electron chi connectivity index (χ2n) is 8.99. The minimum atomic E-state index is -0.427. The number of carbonyl (C=O) groups excluding carboxylic acids is 2. The summed E-state index contributed by atoms with van der Waals surface area (Å²) in [6.07, 6.45) is 3.68. The smallest absolute Gasteiger partial charge is 0.222 e. The summed E-state index contributed by atoms with van der Waals surface area (Å²) in [5.74, 6) is 0.999. The maximum Gasteiger partial charge on any atom is 0.222 e. The Morgan fingerprint density at radius 2 is 2.03 bits per heavy atom. The Kier molecular flexibility index (Phi) is 5.77. The van der Waals surface area contributed by atoms with Crippen molar-refractivity contribution in [3.05, 3.63) is 46.8 Å². The van der Waals surface area contributed by atoms with Crippen LogP contribution in [0.1, 0.15) is 60.7 Å². The fourth-order valence-corrected chi connectivity index (χ4v) is 4.88. The number of likely N-dealkylation sites (tertiary alicyclic amines) is 1. The lowest BCUT2D eigenvalue weighted by Gasteiger charge is -2.42. The number of nitrogens with zero attached hydrogens (tertiary/aromatic N) is 3. The summed E-state index contributed by atoms with van der Waals surface area (Å²) in [5.41, 5.74) is 3.82. The zero-order chi connectivity index (χ0) is 22.2. The first kappa shape index (κ1) is 21.4. The fourth-order valence-electron chi connectivity index (χ4n) is 4.88. The normalized spacial score (nSPS) is 23.3. The molecule has 0 saturated carbocycles. The van der Waals surface area contributed by atoms with Gasteiger partial charge in [-0.2, -0.15) is 5.10 Å². The molecule has 1 aromatic heterocycles. The van der Waals surface area contributed by atoms with Gasteiger partial charge in [0.25, 0.3) is 0 Å². The van der Waals surface area contributed by atoms with E-state index in [-0.39, 0.29) is 17.9 Å². The van der Waals surface area contributed by atoms with Gasteiger partial charge in [0.2, 0.25) is 11.8 Å². The van der Waals surface area contributed by atoms with Gasteiger partial charge in [-0.1, -0.05) is 18.2 Å². The minimum absolute atomic E-state index is 0.0290. The fraction of sp³-hybridized carbons (Fsp3) is 0.542. The zero-order valence-electron chi connectivity index (χ0n) is 18.9. The number of para-hydroxylation sites is 1. The number of nitrogens with one attached hydrogen (secondary N) is 1. The van der Waals surface area contributed by atoms with Crippen LogP contribution in [0, 0.1) is 13.8 Å². The van der Waals surface area contributed by atoms with Crippen molar-refractivity contribution >= 4 is 11.8 Å². The molecule has 0 aliphatic carbocycles. The standard InChI is InChI=1S/C24H32N4O3/c1-16-18(17(2)28(4)26-16)9-10-22(29)25-20-15-24(12-11-23(30)27(3)14-13-24)31-21-8-6-5-7-19(20)21/h5-8,20H,9-15H2,1-4H3,(H,25,29)/t20-,24+/m1/s1. The van der Waals surface area contributed by atoms with Crippen LogP contribution in [-0.2, 0) is 23.1 Å². The third-order valence-electron chi connectivity index (χ3n) is 6.92. The number of fused-ring (bicyclic) bond motifs is 1. The topological polar surface area (TPSA) is 76.5 Å². The van der Waals surface area contributed by atoms with Crippen LogP contribution in [0.4, 0.5) is 0 Å². The Morgan fingerprint density at radius 1 is 1.26 bits per heavy atom. The molecule has 1 spiro atoms. The van der Waals surface area contributed by atoms with E-state index in [2.05, 4.69) is 10.4 Å². The van der Waals surface area contributed by atoms with Gasteiger partial charge in [0.1, 0.15) is 11.4 Å². The largest absolute Gasteiger partial charge is 0.487 e. The molecule has 166 valence electrons. The monoisotopic (exact) mass is 424 g/mol. The Bertz CT molecular complexity index is 999. The van der Waals surface area contributed by atoms with Gasteiger partial charge < -0.3 is 15.0 Å². The predicted molar refractivity (Wildman–Crippen MR) is 118 cm³/mol. The van der Waals surface area contributed by atoms with Gasteiger partial charge >= 0.3 is 0 Å². The summed E-state index contributed by atoms with van der Waals surface area (Å²) in [4.78, 5) is 26.9. The van der Waals surface area contributed by atoms with Crippen LogP contribution in [-0.4, -0.2) is 45.7 Å². The number of hydrogen-bond acceptors (Lipinski definition) is 4. The van der Waals surface area contributed by atoms with Crippen LogP contribution >= 0.6 is 0 Å². The van der Waals surface area contributed by atoms with Crippen molar-refractivity contribution in [3.8, 4) is 5.75 Å². The highest BCUT2D eigenvalue weighted by atomic mass is 16.5. The van der Waals surface area contributed by atoms with Crippen LogP contribution in [0.25, 0.3) is 0 Å². The summed E-state index contributed by atoms with van der Waals surface area (Å²) in [5, 5.41) is 7.71. The first-order valence-corrected chi connectivity index (χ1v) is 11.1. The van der Waals surface area contributed by atoms with Gasteiger partial charge in [-0.15, -0.1) is 0 Å². The van der Waals surface area contributed by atoms with E-state index in [1.165, 1.54) is 0 Å². The molecular weight excluding hydrogens is 392 g/mol. The number of rotatable bonds is 4. The first-order chi connectivity index (χ1) is 14.8. The number of aryl methyl sites for hydroxylation is 2. The summed E-state index contributed by atoms with van der Waals surface area (Å²) in [6, 6.07) is 7.81. The van der Waals surface area contributed by atoms with Crippen molar-refractivity contribution in [3.63, 3.8) is 0 Å². The molecule has 0 radical (unpaired) electrons. The van der Waals surface area contributed by atoms with E-state index in [1.807, 2.05) is 56.9 Å². The van der Waals surface area contributed by atoms with E-state index >= 15 is 0 Å². The predicted octanol–water partition coefficient (Wildman–Crippen LogP) is 2.99. The van der Waals surface area contributed by atoms with Gasteiger partial charge in [0, 0.05) is 57.6 Å². The van der Waals surface area contributed by atoms with Gasteiger partial charge in [0.15, 0.2) is 0 Å². The molecule has 1 N–H and O–H groups in total. The number of benzene rings is 1. The Balaban J connectivity index is 1.50. The van der Waals surface area contributed by atoms with Crippen molar-refractivity contribution in [2.24, 2.45) is 7.05 Å². The minimum Gasteiger partial charge on any atom is -0.487 e.